The predicted octanol–water partition coefficient (Wildman–Crippen LogP) is 5.40. The summed E-state index contributed by atoms with van der Waals surface area (Å²) in [5, 5.41) is 10.3. The van der Waals surface area contributed by atoms with Crippen LogP contribution in [0.5, 0.6) is 0 Å². The van der Waals surface area contributed by atoms with Crippen molar-refractivity contribution in [2.45, 2.75) is 25.3 Å². The number of pyridine rings is 1. The fourth-order valence-electron chi connectivity index (χ4n) is 2.55. The molecule has 2 N–H and O–H groups in total. The van der Waals surface area contributed by atoms with Gasteiger partial charge in [-0.25, -0.2) is 4.98 Å². The number of carbonyl (C=O) groups excluding carboxylic acids is 1. The van der Waals surface area contributed by atoms with Crippen molar-refractivity contribution in [1.29, 1.82) is 0 Å². The lowest BCUT2D eigenvalue weighted by Crippen LogP contribution is -2.15. The number of carbonyl (C=O) groups is 1. The summed E-state index contributed by atoms with van der Waals surface area (Å²) >= 11 is 1.00. The zero-order valence-electron chi connectivity index (χ0n) is 15.5. The van der Waals surface area contributed by atoms with Crippen molar-refractivity contribution < 1.29 is 31.1 Å². The smallest absolute Gasteiger partial charge is 0.364 e. The summed E-state index contributed by atoms with van der Waals surface area (Å²) < 4.78 is 81.8. The molecule has 0 spiro atoms. The standard InChI is InChI=1S/C18H13F6N5OS/c1-9(10-4-11(17(19,20)21)6-12(5-10)18(22,23)24)26-15-3-2-13(7-25-15)27-16(30)14-8-31-29-28-14/h2-9H,1H3,(H,25,26)(H,27,30)/t9-/m0/s1. The van der Waals surface area contributed by atoms with Gasteiger partial charge in [0.1, 0.15) is 5.82 Å². The zero-order chi connectivity index (χ0) is 22.8. The highest BCUT2D eigenvalue weighted by Gasteiger charge is 2.37. The Morgan fingerprint density at radius 3 is 2.16 bits per heavy atom. The van der Waals surface area contributed by atoms with E-state index in [0.717, 1.165) is 11.5 Å². The topological polar surface area (TPSA) is 79.8 Å². The van der Waals surface area contributed by atoms with Gasteiger partial charge in [0.25, 0.3) is 5.91 Å². The van der Waals surface area contributed by atoms with Gasteiger partial charge in [0.2, 0.25) is 0 Å². The molecule has 3 rings (SSSR count). The summed E-state index contributed by atoms with van der Waals surface area (Å²) in [7, 11) is 0. The van der Waals surface area contributed by atoms with Gasteiger partial charge in [0, 0.05) is 11.4 Å². The number of anilines is 2. The lowest BCUT2D eigenvalue weighted by Gasteiger charge is -2.19. The maximum absolute atomic E-state index is 13.0. The maximum Gasteiger partial charge on any atom is 0.416 e. The minimum Gasteiger partial charge on any atom is -0.364 e. The monoisotopic (exact) mass is 461 g/mol. The highest BCUT2D eigenvalue weighted by atomic mass is 32.1. The van der Waals surface area contributed by atoms with Crippen molar-refractivity contribution >= 4 is 28.9 Å². The van der Waals surface area contributed by atoms with Crippen LogP contribution >= 0.6 is 11.5 Å². The molecule has 3 aromatic rings. The van der Waals surface area contributed by atoms with Crippen LogP contribution < -0.4 is 10.6 Å². The molecule has 31 heavy (non-hydrogen) atoms. The SMILES string of the molecule is C[C@H](Nc1ccc(NC(=O)c2csnn2)cn1)c1cc(C(F)(F)F)cc(C(F)(F)F)c1. The van der Waals surface area contributed by atoms with Crippen molar-refractivity contribution in [3.63, 3.8) is 0 Å². The normalized spacial score (nSPS) is 13.0. The second-order valence-corrected chi connectivity index (χ2v) is 6.99. The number of halogens is 6. The molecule has 0 aliphatic heterocycles. The summed E-state index contributed by atoms with van der Waals surface area (Å²) in [5.74, 6) is -0.319. The van der Waals surface area contributed by atoms with Gasteiger partial charge in [-0.2, -0.15) is 26.3 Å². The van der Waals surface area contributed by atoms with Crippen LogP contribution in [-0.2, 0) is 12.4 Å². The Kier molecular flexibility index (Phi) is 6.15. The molecule has 0 aliphatic rings. The molecule has 2 heterocycles. The minimum absolute atomic E-state index is 0.0732. The van der Waals surface area contributed by atoms with Crippen molar-refractivity contribution in [2.75, 3.05) is 10.6 Å². The molecule has 2 aromatic heterocycles. The number of rotatable bonds is 5. The molecule has 13 heteroatoms. The highest BCUT2D eigenvalue weighted by Crippen LogP contribution is 2.37. The van der Waals surface area contributed by atoms with E-state index >= 15 is 0 Å². The minimum atomic E-state index is -4.93. The van der Waals surface area contributed by atoms with Gasteiger partial charge in [-0.1, -0.05) is 4.49 Å². The van der Waals surface area contributed by atoms with E-state index < -0.39 is 35.4 Å². The summed E-state index contributed by atoms with van der Waals surface area (Å²) in [5.41, 5.74) is -2.57. The number of hydrogen-bond acceptors (Lipinski definition) is 6. The highest BCUT2D eigenvalue weighted by molar-refractivity contribution is 7.03. The van der Waals surface area contributed by atoms with Crippen LogP contribution in [0.1, 0.15) is 40.1 Å². The van der Waals surface area contributed by atoms with Crippen LogP contribution in [0.15, 0.2) is 41.9 Å². The Balaban J connectivity index is 1.76. The third-order valence-corrected chi connectivity index (χ3v) is 4.59. The van der Waals surface area contributed by atoms with Gasteiger partial charge in [-0.3, -0.25) is 4.79 Å². The van der Waals surface area contributed by atoms with Gasteiger partial charge < -0.3 is 10.6 Å². The molecule has 0 bridgehead atoms. The van der Waals surface area contributed by atoms with E-state index in [1.807, 2.05) is 0 Å². The van der Waals surface area contributed by atoms with Crippen molar-refractivity contribution in [3.05, 3.63) is 64.3 Å². The number of aromatic nitrogens is 3. The van der Waals surface area contributed by atoms with E-state index in [1.54, 1.807) is 0 Å². The number of amides is 1. The van der Waals surface area contributed by atoms with Crippen LogP contribution in [0.3, 0.4) is 0 Å². The second-order valence-electron chi connectivity index (χ2n) is 6.38. The van der Waals surface area contributed by atoms with Gasteiger partial charge in [0.15, 0.2) is 5.69 Å². The van der Waals surface area contributed by atoms with Gasteiger partial charge in [-0.15, -0.1) is 5.10 Å². The fourth-order valence-corrected chi connectivity index (χ4v) is 2.98. The lowest BCUT2D eigenvalue weighted by molar-refractivity contribution is -0.143. The summed E-state index contributed by atoms with van der Waals surface area (Å²) in [6, 6.07) is 3.35. The van der Waals surface area contributed by atoms with Gasteiger partial charge in [-0.05, 0) is 54.4 Å². The number of nitrogens with zero attached hydrogens (tertiary/aromatic N) is 3. The van der Waals surface area contributed by atoms with Crippen molar-refractivity contribution in [2.24, 2.45) is 0 Å². The molecule has 0 aliphatic carbocycles. The molecule has 1 atom stereocenters. The first-order chi connectivity index (χ1) is 14.4. The van der Waals surface area contributed by atoms with E-state index in [4.69, 9.17) is 0 Å². The second kappa shape index (κ2) is 8.49. The van der Waals surface area contributed by atoms with Crippen molar-refractivity contribution in [1.82, 2.24) is 14.6 Å². The average molecular weight is 461 g/mol. The molecule has 0 fully saturated rings. The molecule has 0 radical (unpaired) electrons. The van der Waals surface area contributed by atoms with Crippen LogP contribution in [-0.4, -0.2) is 20.5 Å². The Morgan fingerprint density at radius 1 is 1.03 bits per heavy atom. The molecular formula is C18H13F6N5OS. The van der Waals surface area contributed by atoms with Gasteiger partial charge >= 0.3 is 12.4 Å². The van der Waals surface area contributed by atoms with E-state index in [1.165, 1.54) is 30.6 Å². The molecule has 0 saturated heterocycles. The Morgan fingerprint density at radius 2 is 1.68 bits per heavy atom. The van der Waals surface area contributed by atoms with Crippen LogP contribution in [0.4, 0.5) is 37.8 Å². The van der Waals surface area contributed by atoms with E-state index in [0.29, 0.717) is 17.8 Å². The van der Waals surface area contributed by atoms with Crippen molar-refractivity contribution in [3.8, 4) is 0 Å². The summed E-state index contributed by atoms with van der Waals surface area (Å²) in [6.07, 6.45) is -8.58. The Labute approximate surface area is 175 Å². The van der Waals surface area contributed by atoms with E-state index in [-0.39, 0.29) is 23.1 Å². The average Bonchev–Trinajstić information content (AvgIpc) is 3.23. The molecule has 0 unspecified atom stereocenters. The molecule has 164 valence electrons. The number of benzene rings is 1. The Bertz CT molecular complexity index is 1020. The summed E-state index contributed by atoms with van der Waals surface area (Å²) in [6.45, 7) is 1.41. The number of alkyl halides is 6. The first-order valence-electron chi connectivity index (χ1n) is 8.54. The van der Waals surface area contributed by atoms with Crippen LogP contribution in [0, 0.1) is 0 Å². The third kappa shape index (κ3) is 5.69. The molecule has 1 amide bonds. The van der Waals surface area contributed by atoms with E-state index in [9.17, 15) is 31.1 Å². The number of hydrogen-bond donors (Lipinski definition) is 2. The first kappa shape index (κ1) is 22.5. The predicted molar refractivity (Wildman–Crippen MR) is 101 cm³/mol. The molecule has 6 nitrogen and oxygen atoms in total. The maximum atomic E-state index is 13.0. The first-order valence-corrected chi connectivity index (χ1v) is 9.37. The molecule has 1 aromatic carbocycles. The lowest BCUT2D eigenvalue weighted by atomic mass is 10.0. The third-order valence-electron chi connectivity index (χ3n) is 4.09. The van der Waals surface area contributed by atoms with Crippen LogP contribution in [0.2, 0.25) is 0 Å². The van der Waals surface area contributed by atoms with E-state index in [2.05, 4.69) is 25.2 Å². The quantitative estimate of drug-likeness (QED) is 0.498. The summed E-state index contributed by atoms with van der Waals surface area (Å²) in [4.78, 5) is 15.9. The zero-order valence-corrected chi connectivity index (χ0v) is 16.4. The molecule has 0 saturated carbocycles. The molecular weight excluding hydrogens is 448 g/mol. The fraction of sp³-hybridized carbons (Fsp3) is 0.222. The number of nitrogens with one attached hydrogen (secondary N) is 2. The largest absolute Gasteiger partial charge is 0.416 e. The Hall–Kier alpha value is -3.22. The van der Waals surface area contributed by atoms with Crippen LogP contribution in [0.25, 0.3) is 0 Å². The van der Waals surface area contributed by atoms with Gasteiger partial charge in [0.05, 0.1) is 23.0 Å².